The van der Waals surface area contributed by atoms with Crippen LogP contribution in [0, 0.1) is 0 Å². The molecule has 2 aromatic carbocycles. The van der Waals surface area contributed by atoms with Crippen molar-refractivity contribution in [3.8, 4) is 11.5 Å². The summed E-state index contributed by atoms with van der Waals surface area (Å²) in [7, 11) is 3.02. The molecule has 0 unspecified atom stereocenters. The first-order chi connectivity index (χ1) is 13.9. The van der Waals surface area contributed by atoms with E-state index in [1.54, 1.807) is 42.5 Å². The Bertz CT molecular complexity index is 949. The van der Waals surface area contributed by atoms with E-state index >= 15 is 0 Å². The topological polar surface area (TPSA) is 88.2 Å². The van der Waals surface area contributed by atoms with E-state index in [1.165, 1.54) is 24.0 Å². The first-order valence-electron chi connectivity index (χ1n) is 8.81. The van der Waals surface area contributed by atoms with Gasteiger partial charge in [0.1, 0.15) is 18.0 Å². The van der Waals surface area contributed by atoms with Crippen LogP contribution in [0.2, 0.25) is 5.02 Å². The summed E-state index contributed by atoms with van der Waals surface area (Å²) in [5.41, 5.74) is 1.04. The highest BCUT2D eigenvalue weighted by molar-refractivity contribution is 6.41. The van der Waals surface area contributed by atoms with E-state index in [0.717, 1.165) is 0 Å². The molecule has 29 heavy (non-hydrogen) atoms. The highest BCUT2D eigenvalue weighted by atomic mass is 35.5. The molecular weight excluding hydrogens is 398 g/mol. The van der Waals surface area contributed by atoms with Gasteiger partial charge in [0.15, 0.2) is 0 Å². The Morgan fingerprint density at radius 2 is 1.86 bits per heavy atom. The molecule has 8 nitrogen and oxygen atoms in total. The molecule has 1 aliphatic heterocycles. The van der Waals surface area contributed by atoms with Crippen LogP contribution in [0.15, 0.2) is 42.5 Å². The fourth-order valence-electron chi connectivity index (χ4n) is 2.97. The number of piperazine rings is 1. The molecule has 1 fully saturated rings. The minimum atomic E-state index is -0.734. The number of nitrogens with one attached hydrogen (secondary N) is 1. The quantitative estimate of drug-likeness (QED) is 0.728. The standard InChI is InChI=1S/C20H20ClN3O5/c1-28-15-5-3-4-14(11-15)24-9-8-23(19(26)20(24)27)12-18(25)22-13-6-7-17(29-2)16(21)10-13/h3-7,10-11H,8-9,12H2,1-2H3,(H,22,25). The Balaban J connectivity index is 1.63. The van der Waals surface area contributed by atoms with Gasteiger partial charge in [0.2, 0.25) is 5.91 Å². The van der Waals surface area contributed by atoms with Gasteiger partial charge >= 0.3 is 11.8 Å². The molecule has 3 rings (SSSR count). The summed E-state index contributed by atoms with van der Waals surface area (Å²) in [5, 5.41) is 3.01. The summed E-state index contributed by atoms with van der Waals surface area (Å²) in [6.45, 7) is 0.276. The first-order valence-corrected chi connectivity index (χ1v) is 9.19. The number of benzene rings is 2. The van der Waals surface area contributed by atoms with Crippen molar-refractivity contribution in [2.24, 2.45) is 0 Å². The molecule has 0 saturated carbocycles. The van der Waals surface area contributed by atoms with E-state index < -0.39 is 17.7 Å². The van der Waals surface area contributed by atoms with Crippen LogP contribution in [0.4, 0.5) is 11.4 Å². The number of amides is 3. The van der Waals surface area contributed by atoms with Crippen LogP contribution < -0.4 is 19.7 Å². The number of carbonyl (C=O) groups is 3. The third-order valence-corrected chi connectivity index (χ3v) is 4.74. The van der Waals surface area contributed by atoms with Crippen LogP contribution in [0.3, 0.4) is 0 Å². The summed E-state index contributed by atoms with van der Waals surface area (Å²) in [5.74, 6) is -0.782. The van der Waals surface area contributed by atoms with E-state index in [9.17, 15) is 14.4 Å². The van der Waals surface area contributed by atoms with E-state index in [-0.39, 0.29) is 19.6 Å². The Morgan fingerprint density at radius 3 is 2.55 bits per heavy atom. The van der Waals surface area contributed by atoms with Crippen LogP contribution in [0.1, 0.15) is 0 Å². The van der Waals surface area contributed by atoms with Crippen molar-refractivity contribution in [3.05, 3.63) is 47.5 Å². The molecule has 2 aromatic rings. The van der Waals surface area contributed by atoms with E-state index in [1.807, 2.05) is 0 Å². The van der Waals surface area contributed by atoms with E-state index in [4.69, 9.17) is 21.1 Å². The molecule has 1 heterocycles. The summed E-state index contributed by atoms with van der Waals surface area (Å²) < 4.78 is 10.2. The highest BCUT2D eigenvalue weighted by Gasteiger charge is 2.34. The van der Waals surface area contributed by atoms with Crippen LogP contribution >= 0.6 is 11.6 Å². The number of ether oxygens (including phenoxy) is 2. The summed E-state index contributed by atoms with van der Waals surface area (Å²) in [4.78, 5) is 39.9. The van der Waals surface area contributed by atoms with Crippen LogP contribution in [0.5, 0.6) is 11.5 Å². The maximum Gasteiger partial charge on any atom is 0.316 e. The largest absolute Gasteiger partial charge is 0.497 e. The molecule has 0 atom stereocenters. The number of anilines is 2. The van der Waals surface area contributed by atoms with Crippen molar-refractivity contribution >= 4 is 40.7 Å². The third-order valence-electron chi connectivity index (χ3n) is 4.44. The van der Waals surface area contributed by atoms with Gasteiger partial charge < -0.3 is 24.6 Å². The van der Waals surface area contributed by atoms with Crippen molar-refractivity contribution in [3.63, 3.8) is 0 Å². The molecule has 3 amide bonds. The lowest BCUT2D eigenvalue weighted by atomic mass is 10.2. The summed E-state index contributed by atoms with van der Waals surface area (Å²) in [6, 6.07) is 11.7. The Hall–Kier alpha value is -3.26. The van der Waals surface area contributed by atoms with Gasteiger partial charge in [0.25, 0.3) is 0 Å². The molecule has 0 spiro atoms. The second kappa shape index (κ2) is 8.83. The second-order valence-electron chi connectivity index (χ2n) is 6.28. The predicted molar refractivity (Wildman–Crippen MR) is 109 cm³/mol. The smallest absolute Gasteiger partial charge is 0.316 e. The second-order valence-corrected chi connectivity index (χ2v) is 6.69. The van der Waals surface area contributed by atoms with Gasteiger partial charge in [-0.05, 0) is 30.3 Å². The SMILES string of the molecule is COc1cccc(N2CCN(CC(=O)Nc3ccc(OC)c(Cl)c3)C(=O)C2=O)c1. The van der Waals surface area contributed by atoms with Crippen molar-refractivity contribution in [2.45, 2.75) is 0 Å². The number of methoxy groups -OCH3 is 2. The minimum absolute atomic E-state index is 0.235. The van der Waals surface area contributed by atoms with Gasteiger partial charge in [-0.1, -0.05) is 17.7 Å². The number of hydrogen-bond acceptors (Lipinski definition) is 5. The van der Waals surface area contributed by atoms with Gasteiger partial charge in [-0.3, -0.25) is 14.4 Å². The lowest BCUT2D eigenvalue weighted by Gasteiger charge is -2.33. The van der Waals surface area contributed by atoms with Gasteiger partial charge in [0.05, 0.1) is 19.2 Å². The third kappa shape index (κ3) is 4.60. The molecular formula is C20H20ClN3O5. The lowest BCUT2D eigenvalue weighted by molar-refractivity contribution is -0.147. The van der Waals surface area contributed by atoms with Crippen molar-refractivity contribution in [1.82, 2.24) is 4.90 Å². The average Bonchev–Trinajstić information content (AvgIpc) is 2.71. The molecule has 0 aliphatic carbocycles. The summed E-state index contributed by atoms with van der Waals surface area (Å²) in [6.07, 6.45) is 0. The lowest BCUT2D eigenvalue weighted by Crippen LogP contribution is -2.56. The van der Waals surface area contributed by atoms with Crippen molar-refractivity contribution < 1.29 is 23.9 Å². The van der Waals surface area contributed by atoms with E-state index in [2.05, 4.69) is 5.32 Å². The Labute approximate surface area is 172 Å². The van der Waals surface area contributed by atoms with Gasteiger partial charge in [-0.2, -0.15) is 0 Å². The predicted octanol–water partition coefficient (Wildman–Crippen LogP) is 2.17. The number of rotatable bonds is 6. The maximum absolute atomic E-state index is 12.5. The fraction of sp³-hybridized carbons (Fsp3) is 0.250. The Kier molecular flexibility index (Phi) is 6.23. The molecule has 1 N–H and O–H groups in total. The highest BCUT2D eigenvalue weighted by Crippen LogP contribution is 2.27. The van der Waals surface area contributed by atoms with E-state index in [0.29, 0.717) is 27.9 Å². The molecule has 1 saturated heterocycles. The monoisotopic (exact) mass is 417 g/mol. The molecule has 1 aliphatic rings. The Morgan fingerprint density at radius 1 is 1.07 bits per heavy atom. The first kappa shape index (κ1) is 20.5. The molecule has 0 bridgehead atoms. The van der Waals surface area contributed by atoms with Crippen LogP contribution in [0.25, 0.3) is 0 Å². The van der Waals surface area contributed by atoms with Gasteiger partial charge in [0, 0.05) is 30.5 Å². The number of carbonyl (C=O) groups excluding carboxylic acids is 3. The average molecular weight is 418 g/mol. The molecule has 0 aromatic heterocycles. The number of halogens is 1. The normalized spacial score (nSPS) is 14.0. The van der Waals surface area contributed by atoms with Crippen molar-refractivity contribution in [1.29, 1.82) is 0 Å². The van der Waals surface area contributed by atoms with Crippen molar-refractivity contribution in [2.75, 3.05) is 44.1 Å². The summed E-state index contributed by atoms with van der Waals surface area (Å²) >= 11 is 6.04. The van der Waals surface area contributed by atoms with Crippen LogP contribution in [-0.4, -0.2) is 56.5 Å². The zero-order valence-electron chi connectivity index (χ0n) is 16.0. The zero-order chi connectivity index (χ0) is 21.0. The van der Waals surface area contributed by atoms with Gasteiger partial charge in [-0.25, -0.2) is 0 Å². The fourth-order valence-corrected chi connectivity index (χ4v) is 3.23. The zero-order valence-corrected chi connectivity index (χ0v) is 16.7. The molecule has 152 valence electrons. The van der Waals surface area contributed by atoms with Crippen LogP contribution in [-0.2, 0) is 14.4 Å². The number of hydrogen-bond donors (Lipinski definition) is 1. The maximum atomic E-state index is 12.5. The van der Waals surface area contributed by atoms with Gasteiger partial charge in [-0.15, -0.1) is 0 Å². The minimum Gasteiger partial charge on any atom is -0.497 e. The molecule has 0 radical (unpaired) electrons. The number of nitrogens with zero attached hydrogens (tertiary/aromatic N) is 2. The molecule has 9 heteroatoms.